The zero-order valence-corrected chi connectivity index (χ0v) is 22.5. The Kier molecular flexibility index (Phi) is 5.70. The van der Waals surface area contributed by atoms with Gasteiger partial charge in [0.15, 0.2) is 17.5 Å². The maximum Gasteiger partial charge on any atom is 0.164 e. The van der Waals surface area contributed by atoms with Crippen molar-refractivity contribution in [2.75, 3.05) is 0 Å². The van der Waals surface area contributed by atoms with Gasteiger partial charge < -0.3 is 4.42 Å². The minimum absolute atomic E-state index is 0.348. The number of nitrogens with zero attached hydrogens (tertiary/aromatic N) is 3. The average Bonchev–Trinajstić information content (AvgIpc) is 3.44. The van der Waals surface area contributed by atoms with Crippen LogP contribution in [-0.2, 0) is 0 Å². The number of hydrogen-bond acceptors (Lipinski definition) is 4. The predicted octanol–water partition coefficient (Wildman–Crippen LogP) is 9.61. The monoisotopic (exact) mass is 529 g/mol. The van der Waals surface area contributed by atoms with Crippen LogP contribution in [0.15, 0.2) is 126 Å². The average molecular weight is 530 g/mol. The van der Waals surface area contributed by atoms with E-state index in [0.717, 1.165) is 47.4 Å². The third-order valence-electron chi connectivity index (χ3n) is 8.21. The van der Waals surface area contributed by atoms with E-state index in [9.17, 15) is 0 Å². The lowest BCUT2D eigenvalue weighted by molar-refractivity contribution is 0.626. The van der Waals surface area contributed by atoms with Crippen LogP contribution in [0.3, 0.4) is 0 Å². The molecule has 5 aromatic carbocycles. The van der Waals surface area contributed by atoms with Crippen molar-refractivity contribution in [1.82, 2.24) is 15.0 Å². The summed E-state index contributed by atoms with van der Waals surface area (Å²) in [6.07, 6.45) is 5.24. The fraction of sp³-hybridized carbons (Fsp3) is 0.108. The van der Waals surface area contributed by atoms with E-state index < -0.39 is 0 Å². The Labute approximate surface area is 238 Å². The van der Waals surface area contributed by atoms with Gasteiger partial charge >= 0.3 is 0 Å². The summed E-state index contributed by atoms with van der Waals surface area (Å²) in [5.74, 6) is 2.51. The van der Waals surface area contributed by atoms with Crippen LogP contribution in [-0.4, -0.2) is 15.0 Å². The van der Waals surface area contributed by atoms with E-state index >= 15 is 0 Å². The molecule has 196 valence electrons. The van der Waals surface area contributed by atoms with Gasteiger partial charge in [-0.15, -0.1) is 0 Å². The van der Waals surface area contributed by atoms with Crippen molar-refractivity contribution < 1.29 is 4.42 Å². The summed E-state index contributed by atoms with van der Waals surface area (Å²) in [6.45, 7) is 0. The van der Waals surface area contributed by atoms with Crippen LogP contribution in [0.25, 0.3) is 61.1 Å². The van der Waals surface area contributed by atoms with Gasteiger partial charge in [0.25, 0.3) is 0 Å². The standard InChI is InChI=1S/C37H27N3O/c1-2-11-25(12-3-1)35-38-36(40-37(39-35)29-21-20-24-10-4-5-13-26(24)22-29)28-15-8-14-27(23-28)30-17-9-19-33-34(30)31-16-6-7-18-32(31)41-33/h1-7,9-13,15-22,27H,8,14,23H2. The lowest BCUT2D eigenvalue weighted by Crippen LogP contribution is -2.09. The molecule has 0 saturated heterocycles. The van der Waals surface area contributed by atoms with Crippen molar-refractivity contribution >= 4 is 38.3 Å². The second kappa shape index (κ2) is 9.83. The number of fused-ring (bicyclic) bond motifs is 4. The number of furan rings is 1. The number of benzene rings is 5. The van der Waals surface area contributed by atoms with Crippen molar-refractivity contribution in [3.8, 4) is 22.8 Å². The first-order chi connectivity index (χ1) is 20.3. The highest BCUT2D eigenvalue weighted by Crippen LogP contribution is 2.42. The third-order valence-corrected chi connectivity index (χ3v) is 8.21. The van der Waals surface area contributed by atoms with Crippen LogP contribution in [0.4, 0.5) is 0 Å². The van der Waals surface area contributed by atoms with Gasteiger partial charge in [-0.25, -0.2) is 15.0 Å². The SMILES string of the molecule is C1=C(c2nc(-c3ccccc3)nc(-c3ccc4ccccc4c3)n2)CC(c2cccc3oc4ccccc4c23)CC1. The Morgan fingerprint density at radius 3 is 2.22 bits per heavy atom. The first-order valence-corrected chi connectivity index (χ1v) is 14.2. The smallest absolute Gasteiger partial charge is 0.164 e. The maximum absolute atomic E-state index is 6.21. The molecule has 0 amide bonds. The first kappa shape index (κ1) is 23.8. The molecular weight excluding hydrogens is 502 g/mol. The number of rotatable bonds is 4. The zero-order chi connectivity index (χ0) is 27.2. The van der Waals surface area contributed by atoms with Gasteiger partial charge in [0, 0.05) is 21.9 Å². The van der Waals surface area contributed by atoms with Gasteiger partial charge in [-0.2, -0.15) is 0 Å². The molecule has 0 aliphatic heterocycles. The summed E-state index contributed by atoms with van der Waals surface area (Å²) in [4.78, 5) is 15.1. The molecule has 1 aliphatic rings. The topological polar surface area (TPSA) is 51.8 Å². The minimum Gasteiger partial charge on any atom is -0.456 e. The van der Waals surface area contributed by atoms with Gasteiger partial charge in [0.1, 0.15) is 11.2 Å². The van der Waals surface area contributed by atoms with Crippen LogP contribution in [0.5, 0.6) is 0 Å². The highest BCUT2D eigenvalue weighted by Gasteiger charge is 2.24. The van der Waals surface area contributed by atoms with Crippen LogP contribution in [0, 0.1) is 0 Å². The van der Waals surface area contributed by atoms with Crippen molar-refractivity contribution in [2.24, 2.45) is 0 Å². The van der Waals surface area contributed by atoms with E-state index in [1.807, 2.05) is 24.3 Å². The summed E-state index contributed by atoms with van der Waals surface area (Å²) >= 11 is 0. The Morgan fingerprint density at radius 1 is 0.585 bits per heavy atom. The highest BCUT2D eigenvalue weighted by molar-refractivity contribution is 6.07. The normalized spacial score (nSPS) is 15.4. The lowest BCUT2D eigenvalue weighted by atomic mass is 9.82. The second-order valence-electron chi connectivity index (χ2n) is 10.8. The summed E-state index contributed by atoms with van der Waals surface area (Å²) in [5, 5.41) is 4.78. The lowest BCUT2D eigenvalue weighted by Gasteiger charge is -2.23. The zero-order valence-electron chi connectivity index (χ0n) is 22.5. The van der Waals surface area contributed by atoms with Gasteiger partial charge in [-0.1, -0.05) is 103 Å². The van der Waals surface area contributed by atoms with Crippen LogP contribution in [0.2, 0.25) is 0 Å². The Morgan fingerprint density at radius 2 is 1.32 bits per heavy atom. The van der Waals surface area contributed by atoms with E-state index in [0.29, 0.717) is 17.6 Å². The molecule has 0 bridgehead atoms. The third kappa shape index (κ3) is 4.29. The van der Waals surface area contributed by atoms with E-state index in [-0.39, 0.29) is 0 Å². The Bertz CT molecular complexity index is 2090. The molecule has 0 N–H and O–H groups in total. The molecule has 1 aliphatic carbocycles. The van der Waals surface area contributed by atoms with E-state index in [1.165, 1.54) is 32.7 Å². The predicted molar refractivity (Wildman–Crippen MR) is 166 cm³/mol. The Balaban J connectivity index is 1.23. The van der Waals surface area contributed by atoms with E-state index in [2.05, 4.69) is 97.1 Å². The maximum atomic E-state index is 6.21. The molecule has 0 fully saturated rings. The molecule has 0 radical (unpaired) electrons. The van der Waals surface area contributed by atoms with E-state index in [4.69, 9.17) is 19.4 Å². The molecule has 2 aromatic heterocycles. The Hall–Kier alpha value is -5.09. The molecule has 4 nitrogen and oxygen atoms in total. The quantitative estimate of drug-likeness (QED) is 0.228. The largest absolute Gasteiger partial charge is 0.456 e. The minimum atomic E-state index is 0.348. The van der Waals surface area contributed by atoms with Crippen molar-refractivity contribution in [1.29, 1.82) is 0 Å². The number of aromatic nitrogens is 3. The van der Waals surface area contributed by atoms with Crippen molar-refractivity contribution in [3.05, 3.63) is 133 Å². The molecule has 4 heteroatoms. The molecule has 1 unspecified atom stereocenters. The number of hydrogen-bond donors (Lipinski definition) is 0. The van der Waals surface area contributed by atoms with Crippen molar-refractivity contribution in [2.45, 2.75) is 25.2 Å². The van der Waals surface area contributed by atoms with Gasteiger partial charge in [-0.3, -0.25) is 0 Å². The van der Waals surface area contributed by atoms with Gasteiger partial charge in [0.05, 0.1) is 0 Å². The second-order valence-corrected chi connectivity index (χ2v) is 10.8. The fourth-order valence-corrected chi connectivity index (χ4v) is 6.19. The molecule has 2 heterocycles. The summed E-state index contributed by atoms with van der Waals surface area (Å²) in [5.41, 5.74) is 6.38. The molecule has 0 spiro atoms. The van der Waals surface area contributed by atoms with Gasteiger partial charge in [0.2, 0.25) is 0 Å². The molecule has 41 heavy (non-hydrogen) atoms. The molecule has 8 rings (SSSR count). The summed E-state index contributed by atoms with van der Waals surface area (Å²) < 4.78 is 6.21. The van der Waals surface area contributed by atoms with Crippen LogP contribution >= 0.6 is 0 Å². The highest BCUT2D eigenvalue weighted by atomic mass is 16.3. The molecule has 7 aromatic rings. The molecule has 1 atom stereocenters. The first-order valence-electron chi connectivity index (χ1n) is 14.2. The van der Waals surface area contributed by atoms with Crippen molar-refractivity contribution in [3.63, 3.8) is 0 Å². The summed E-state index contributed by atoms with van der Waals surface area (Å²) in [7, 11) is 0. The van der Waals surface area contributed by atoms with Gasteiger partial charge in [-0.05, 0) is 65.3 Å². The molecular formula is C37H27N3O. The summed E-state index contributed by atoms with van der Waals surface area (Å²) in [6, 6.07) is 39.8. The molecule has 0 saturated carbocycles. The number of allylic oxidation sites excluding steroid dienone is 2. The van der Waals surface area contributed by atoms with Crippen LogP contribution in [0.1, 0.15) is 36.6 Å². The van der Waals surface area contributed by atoms with E-state index in [1.54, 1.807) is 0 Å². The fourth-order valence-electron chi connectivity index (χ4n) is 6.19. The van der Waals surface area contributed by atoms with Crippen LogP contribution < -0.4 is 0 Å². The number of para-hydroxylation sites is 1.